The molecule has 1 aromatic rings. The number of anilines is 1. The van der Waals surface area contributed by atoms with Crippen LogP contribution in [0.2, 0.25) is 0 Å². The van der Waals surface area contributed by atoms with Crippen molar-refractivity contribution in [1.29, 1.82) is 0 Å². The van der Waals surface area contributed by atoms with E-state index in [2.05, 4.69) is 0 Å². The van der Waals surface area contributed by atoms with E-state index < -0.39 is 9.84 Å². The Balaban J connectivity index is 2.89. The summed E-state index contributed by atoms with van der Waals surface area (Å²) in [5.74, 6) is 0.390. The zero-order valence-electron chi connectivity index (χ0n) is 12.5. The molecule has 2 N–H and O–H groups in total. The first-order chi connectivity index (χ1) is 9.15. The van der Waals surface area contributed by atoms with Gasteiger partial charge in [0.05, 0.1) is 35.2 Å². The van der Waals surface area contributed by atoms with Gasteiger partial charge in [0.15, 0.2) is 9.84 Å². The number of rotatable bonds is 6. The molecule has 1 rings (SSSR count). The maximum absolute atomic E-state index is 12.3. The molecule has 0 unspecified atom stereocenters. The van der Waals surface area contributed by atoms with Gasteiger partial charge in [-0.1, -0.05) is 0 Å². The van der Waals surface area contributed by atoms with Crippen LogP contribution in [0.5, 0.6) is 5.75 Å². The third-order valence-corrected chi connectivity index (χ3v) is 4.25. The molecule has 0 bridgehead atoms. The molecule has 0 aromatic heterocycles. The molecule has 0 heterocycles. The van der Waals surface area contributed by atoms with Gasteiger partial charge in [0, 0.05) is 6.07 Å². The van der Waals surface area contributed by atoms with Gasteiger partial charge >= 0.3 is 0 Å². The number of hydrogen-bond acceptors (Lipinski definition) is 5. The second-order valence-corrected chi connectivity index (χ2v) is 7.49. The summed E-state index contributed by atoms with van der Waals surface area (Å²) in [7, 11) is -3.48. The molecule has 0 saturated carbocycles. The second kappa shape index (κ2) is 6.45. The standard InChI is InChI=1S/C14H23NO4S/c1-5-18-11-6-7-12(15)13(10-11)20(16,17)9-8-19-14(2,3)4/h6-7,10H,5,8-9,15H2,1-4H3. The number of nitrogen functional groups attached to an aromatic ring is 1. The molecule has 0 fully saturated rings. The minimum Gasteiger partial charge on any atom is -0.494 e. The van der Waals surface area contributed by atoms with Gasteiger partial charge in [-0.05, 0) is 39.8 Å². The van der Waals surface area contributed by atoms with Crippen molar-refractivity contribution in [2.24, 2.45) is 0 Å². The van der Waals surface area contributed by atoms with Crippen LogP contribution < -0.4 is 10.5 Å². The summed E-state index contributed by atoms with van der Waals surface area (Å²) >= 11 is 0. The molecule has 0 amide bonds. The Labute approximate surface area is 121 Å². The highest BCUT2D eigenvalue weighted by atomic mass is 32.2. The van der Waals surface area contributed by atoms with E-state index >= 15 is 0 Å². The van der Waals surface area contributed by atoms with E-state index in [4.69, 9.17) is 15.2 Å². The molecule has 5 nitrogen and oxygen atoms in total. The topological polar surface area (TPSA) is 78.6 Å². The predicted molar refractivity (Wildman–Crippen MR) is 79.8 cm³/mol. The zero-order chi connectivity index (χ0) is 15.4. The maximum Gasteiger partial charge on any atom is 0.182 e. The van der Waals surface area contributed by atoms with Crippen LogP contribution in [0.25, 0.3) is 0 Å². The molecule has 0 atom stereocenters. The van der Waals surface area contributed by atoms with E-state index in [1.54, 1.807) is 12.1 Å². The fourth-order valence-corrected chi connectivity index (χ4v) is 2.85. The van der Waals surface area contributed by atoms with Gasteiger partial charge < -0.3 is 15.2 Å². The number of hydrogen-bond donors (Lipinski definition) is 1. The molecule has 0 aliphatic carbocycles. The Bertz CT molecular complexity index is 547. The summed E-state index contributed by atoms with van der Waals surface area (Å²) < 4.78 is 35.3. The number of benzene rings is 1. The van der Waals surface area contributed by atoms with Crippen LogP contribution in [-0.4, -0.2) is 33.0 Å². The molecule has 0 aliphatic rings. The summed E-state index contributed by atoms with van der Waals surface area (Å²) in [6, 6.07) is 4.66. The Morgan fingerprint density at radius 1 is 1.25 bits per heavy atom. The normalized spacial score (nSPS) is 12.4. The van der Waals surface area contributed by atoms with Crippen molar-refractivity contribution >= 4 is 15.5 Å². The number of nitrogens with two attached hydrogens (primary N) is 1. The van der Waals surface area contributed by atoms with Gasteiger partial charge in [-0.3, -0.25) is 0 Å². The van der Waals surface area contributed by atoms with Crippen molar-refractivity contribution in [2.75, 3.05) is 24.7 Å². The fourth-order valence-electron chi connectivity index (χ4n) is 1.61. The van der Waals surface area contributed by atoms with Crippen LogP contribution >= 0.6 is 0 Å². The minimum atomic E-state index is -3.48. The van der Waals surface area contributed by atoms with Crippen molar-refractivity contribution in [3.05, 3.63) is 18.2 Å². The lowest BCUT2D eigenvalue weighted by molar-refractivity contribution is 0.00645. The Morgan fingerprint density at radius 2 is 1.90 bits per heavy atom. The van der Waals surface area contributed by atoms with E-state index in [1.807, 2.05) is 27.7 Å². The van der Waals surface area contributed by atoms with Crippen molar-refractivity contribution in [2.45, 2.75) is 38.2 Å². The average molecular weight is 301 g/mol. The first-order valence-electron chi connectivity index (χ1n) is 6.55. The van der Waals surface area contributed by atoms with Gasteiger partial charge in [-0.15, -0.1) is 0 Å². The van der Waals surface area contributed by atoms with Crippen molar-refractivity contribution in [3.63, 3.8) is 0 Å². The highest BCUT2D eigenvalue weighted by molar-refractivity contribution is 7.91. The van der Waals surface area contributed by atoms with Crippen molar-refractivity contribution < 1.29 is 17.9 Å². The number of ether oxygens (including phenoxy) is 2. The predicted octanol–water partition coefficient (Wildman–Crippen LogP) is 2.26. The summed E-state index contributed by atoms with van der Waals surface area (Å²) in [5.41, 5.74) is 5.61. The zero-order valence-corrected chi connectivity index (χ0v) is 13.3. The lowest BCUT2D eigenvalue weighted by atomic mass is 10.2. The summed E-state index contributed by atoms with van der Waals surface area (Å²) in [5, 5.41) is 0. The molecular formula is C14H23NO4S. The first kappa shape index (κ1) is 16.8. The molecular weight excluding hydrogens is 278 g/mol. The van der Waals surface area contributed by atoms with Crippen LogP contribution in [0.4, 0.5) is 5.69 Å². The van der Waals surface area contributed by atoms with E-state index in [9.17, 15) is 8.42 Å². The van der Waals surface area contributed by atoms with E-state index in [-0.39, 0.29) is 28.5 Å². The molecule has 0 spiro atoms. The fraction of sp³-hybridized carbons (Fsp3) is 0.571. The molecule has 20 heavy (non-hydrogen) atoms. The quantitative estimate of drug-likeness (QED) is 0.815. The third kappa shape index (κ3) is 5.02. The number of sulfone groups is 1. The molecule has 1 aromatic carbocycles. The molecule has 0 aliphatic heterocycles. The molecule has 0 radical (unpaired) electrons. The summed E-state index contributed by atoms with van der Waals surface area (Å²) in [6.07, 6.45) is 0. The second-order valence-electron chi connectivity index (χ2n) is 5.41. The molecule has 0 saturated heterocycles. The van der Waals surface area contributed by atoms with Crippen LogP contribution in [0.1, 0.15) is 27.7 Å². The average Bonchev–Trinajstić information content (AvgIpc) is 2.29. The molecule has 114 valence electrons. The molecule has 6 heteroatoms. The van der Waals surface area contributed by atoms with Crippen molar-refractivity contribution in [3.8, 4) is 5.75 Å². The monoisotopic (exact) mass is 301 g/mol. The smallest absolute Gasteiger partial charge is 0.182 e. The van der Waals surface area contributed by atoms with Crippen molar-refractivity contribution in [1.82, 2.24) is 0 Å². The highest BCUT2D eigenvalue weighted by Gasteiger charge is 2.20. The Hall–Kier alpha value is -1.27. The lowest BCUT2D eigenvalue weighted by Crippen LogP contribution is -2.24. The SMILES string of the molecule is CCOc1ccc(N)c(S(=O)(=O)CCOC(C)(C)C)c1. The first-order valence-corrected chi connectivity index (χ1v) is 8.20. The van der Waals surface area contributed by atoms with Gasteiger partial charge in [0.2, 0.25) is 0 Å². The van der Waals surface area contributed by atoms with Crippen LogP contribution in [0.3, 0.4) is 0 Å². The van der Waals surface area contributed by atoms with Crippen LogP contribution in [0.15, 0.2) is 23.1 Å². The van der Waals surface area contributed by atoms with Gasteiger partial charge in [-0.25, -0.2) is 8.42 Å². The van der Waals surface area contributed by atoms with Gasteiger partial charge in [0.1, 0.15) is 5.75 Å². The van der Waals surface area contributed by atoms with Crippen LogP contribution in [-0.2, 0) is 14.6 Å². The van der Waals surface area contributed by atoms with Gasteiger partial charge in [0.25, 0.3) is 0 Å². The van der Waals surface area contributed by atoms with Gasteiger partial charge in [-0.2, -0.15) is 0 Å². The van der Waals surface area contributed by atoms with Crippen LogP contribution in [0, 0.1) is 0 Å². The Morgan fingerprint density at radius 3 is 2.45 bits per heavy atom. The summed E-state index contributed by atoms with van der Waals surface area (Å²) in [6.45, 7) is 8.07. The van der Waals surface area contributed by atoms with E-state index in [1.165, 1.54) is 6.07 Å². The highest BCUT2D eigenvalue weighted by Crippen LogP contribution is 2.25. The van der Waals surface area contributed by atoms with E-state index in [0.717, 1.165) is 0 Å². The van der Waals surface area contributed by atoms with E-state index in [0.29, 0.717) is 12.4 Å². The Kier molecular flexibility index (Phi) is 5.42. The minimum absolute atomic E-state index is 0.0981. The largest absolute Gasteiger partial charge is 0.494 e. The third-order valence-electron chi connectivity index (χ3n) is 2.52. The summed E-state index contributed by atoms with van der Waals surface area (Å²) in [4.78, 5) is 0.0981. The lowest BCUT2D eigenvalue weighted by Gasteiger charge is -2.19. The maximum atomic E-state index is 12.3.